The van der Waals surface area contributed by atoms with Crippen LogP contribution in [0.25, 0.3) is 26.9 Å². The van der Waals surface area contributed by atoms with E-state index in [2.05, 4.69) is 14.4 Å². The lowest BCUT2D eigenvalue weighted by Gasteiger charge is -2.31. The van der Waals surface area contributed by atoms with Gasteiger partial charge in [0.05, 0.1) is 29.7 Å². The van der Waals surface area contributed by atoms with Gasteiger partial charge in [-0.25, -0.2) is 17.6 Å². The molecule has 2 N–H and O–H groups in total. The summed E-state index contributed by atoms with van der Waals surface area (Å²) in [5.74, 6) is 0. The van der Waals surface area contributed by atoms with Crippen LogP contribution in [0.15, 0.2) is 30.7 Å². The minimum absolute atomic E-state index is 0.144. The summed E-state index contributed by atoms with van der Waals surface area (Å²) in [6.07, 6.45) is 7.90. The quantitative estimate of drug-likeness (QED) is 0.608. The second-order valence-electron chi connectivity index (χ2n) is 7.70. The Morgan fingerprint density at radius 2 is 1.93 bits per heavy atom. The van der Waals surface area contributed by atoms with E-state index in [1.54, 1.807) is 6.20 Å². The number of aromatic nitrogens is 2. The van der Waals surface area contributed by atoms with E-state index < -0.39 is 10.0 Å². The van der Waals surface area contributed by atoms with Gasteiger partial charge in [0.25, 0.3) is 0 Å². The van der Waals surface area contributed by atoms with Crippen molar-refractivity contribution >= 4 is 43.9 Å². The monoisotopic (exact) mass is 443 g/mol. The molecule has 0 radical (unpaired) electrons. The summed E-state index contributed by atoms with van der Waals surface area (Å²) in [6.45, 7) is 10.4. The fraction of sp³-hybridized carbons (Fsp3) is 0.333. The van der Waals surface area contributed by atoms with E-state index >= 15 is 0 Å². The maximum absolute atomic E-state index is 11.9. The van der Waals surface area contributed by atoms with Crippen LogP contribution in [0.2, 0.25) is 5.02 Å². The third-order valence-electron chi connectivity index (χ3n) is 5.75. The molecule has 0 bridgehead atoms. The Balaban J connectivity index is 1.86. The molecule has 2 aromatic heterocycles. The molecule has 0 amide bonds. The molecule has 7 nitrogen and oxygen atoms in total. The minimum atomic E-state index is -3.19. The molecule has 1 aromatic carbocycles. The molecule has 30 heavy (non-hydrogen) atoms. The van der Waals surface area contributed by atoms with Crippen LogP contribution in [-0.2, 0) is 10.0 Å². The number of aryl methyl sites for hydroxylation is 1. The van der Waals surface area contributed by atoms with Crippen LogP contribution in [0.4, 0.5) is 11.4 Å². The number of piperidine rings is 1. The third-order valence-corrected chi connectivity index (χ3v) is 7.48. The second-order valence-corrected chi connectivity index (χ2v) is 10.1. The van der Waals surface area contributed by atoms with Crippen molar-refractivity contribution in [3.05, 3.63) is 52.7 Å². The summed E-state index contributed by atoms with van der Waals surface area (Å²) < 4.78 is 27.5. The van der Waals surface area contributed by atoms with Gasteiger partial charge >= 0.3 is 0 Å². The lowest BCUT2D eigenvalue weighted by Crippen LogP contribution is -2.38. The molecule has 4 rings (SSSR count). The van der Waals surface area contributed by atoms with Crippen molar-refractivity contribution in [3.8, 4) is 11.1 Å². The maximum atomic E-state index is 11.9. The number of anilines is 1. The van der Waals surface area contributed by atoms with Gasteiger partial charge in [0.2, 0.25) is 10.0 Å². The van der Waals surface area contributed by atoms with Crippen LogP contribution in [0, 0.1) is 13.5 Å². The van der Waals surface area contributed by atoms with Gasteiger partial charge in [-0.15, -0.1) is 0 Å². The number of pyridine rings is 1. The smallest absolute Gasteiger partial charge is 0.211 e. The first kappa shape index (κ1) is 20.7. The molecule has 156 valence electrons. The van der Waals surface area contributed by atoms with E-state index in [1.807, 2.05) is 25.3 Å². The molecule has 0 unspecified atom stereocenters. The average Bonchev–Trinajstić information content (AvgIpc) is 3.07. The number of hydrogen-bond acceptors (Lipinski definition) is 4. The predicted octanol–water partition coefficient (Wildman–Crippen LogP) is 4.39. The van der Waals surface area contributed by atoms with Gasteiger partial charge in [0.15, 0.2) is 5.69 Å². The number of nitrogens with zero attached hydrogens (tertiary/aromatic N) is 4. The highest BCUT2D eigenvalue weighted by Crippen LogP contribution is 2.41. The summed E-state index contributed by atoms with van der Waals surface area (Å²) in [5.41, 5.74) is 10.4. The zero-order chi connectivity index (χ0) is 21.6. The molecule has 0 aliphatic carbocycles. The van der Waals surface area contributed by atoms with E-state index in [4.69, 9.17) is 23.9 Å². The lowest BCUT2D eigenvalue weighted by atomic mass is 10.0. The van der Waals surface area contributed by atoms with E-state index in [0.717, 1.165) is 22.0 Å². The second kappa shape index (κ2) is 7.58. The third kappa shape index (κ3) is 3.54. The summed E-state index contributed by atoms with van der Waals surface area (Å²) in [4.78, 5) is 7.84. The Morgan fingerprint density at radius 1 is 1.23 bits per heavy atom. The highest BCUT2D eigenvalue weighted by molar-refractivity contribution is 7.88. The van der Waals surface area contributed by atoms with Crippen molar-refractivity contribution in [3.63, 3.8) is 0 Å². The number of benzene rings is 1. The van der Waals surface area contributed by atoms with E-state index in [1.165, 1.54) is 16.8 Å². The summed E-state index contributed by atoms with van der Waals surface area (Å²) in [5, 5.41) is 1.34. The van der Waals surface area contributed by atoms with Crippen LogP contribution in [-0.4, -0.2) is 41.6 Å². The van der Waals surface area contributed by atoms with Crippen molar-refractivity contribution in [2.45, 2.75) is 25.8 Å². The van der Waals surface area contributed by atoms with Gasteiger partial charge in [-0.2, -0.15) is 0 Å². The largest absolute Gasteiger partial charge is 0.396 e. The predicted molar refractivity (Wildman–Crippen MR) is 120 cm³/mol. The standard InChI is InChI=1S/C21H22ClN5O2S/c1-13-8-20-15(9-19(13)24-2)17(16-10-25-11-18(23)21(16)22)12-27(20)14-4-6-26(7-5-14)30(3,28)29/h8-12,14H,4-7,23H2,1,3H3. The van der Waals surface area contributed by atoms with E-state index in [-0.39, 0.29) is 6.04 Å². The van der Waals surface area contributed by atoms with Crippen LogP contribution in [0.5, 0.6) is 0 Å². The molecule has 0 spiro atoms. The molecular formula is C21H22ClN5O2S. The number of hydrogen-bond donors (Lipinski definition) is 1. The first-order valence-corrected chi connectivity index (χ1v) is 11.8. The number of sulfonamides is 1. The van der Waals surface area contributed by atoms with Crippen molar-refractivity contribution in [1.82, 2.24) is 13.9 Å². The van der Waals surface area contributed by atoms with Gasteiger partial charge in [-0.1, -0.05) is 11.6 Å². The number of nitrogen functional groups attached to an aromatic ring is 1. The van der Waals surface area contributed by atoms with Crippen molar-refractivity contribution in [2.24, 2.45) is 0 Å². The first-order chi connectivity index (χ1) is 14.2. The molecule has 1 saturated heterocycles. The van der Waals surface area contributed by atoms with Crippen molar-refractivity contribution < 1.29 is 8.42 Å². The normalized spacial score (nSPS) is 16.1. The zero-order valence-corrected chi connectivity index (χ0v) is 18.3. The topological polar surface area (TPSA) is 85.6 Å². The average molecular weight is 444 g/mol. The highest BCUT2D eigenvalue weighted by Gasteiger charge is 2.27. The van der Waals surface area contributed by atoms with Crippen LogP contribution >= 0.6 is 11.6 Å². The number of rotatable bonds is 3. The molecule has 1 aliphatic heterocycles. The van der Waals surface area contributed by atoms with Gasteiger partial charge in [-0.05, 0) is 42.8 Å². The highest BCUT2D eigenvalue weighted by atomic mass is 35.5. The first-order valence-electron chi connectivity index (χ1n) is 9.58. The molecule has 1 fully saturated rings. The molecule has 0 saturated carbocycles. The molecule has 3 heterocycles. The fourth-order valence-electron chi connectivity index (χ4n) is 4.13. The van der Waals surface area contributed by atoms with Gasteiger partial charge < -0.3 is 10.3 Å². The zero-order valence-electron chi connectivity index (χ0n) is 16.8. The minimum Gasteiger partial charge on any atom is -0.396 e. The Labute approximate surface area is 180 Å². The Hall–Kier alpha value is -2.60. The molecule has 1 aliphatic rings. The van der Waals surface area contributed by atoms with Crippen molar-refractivity contribution in [2.75, 3.05) is 25.1 Å². The summed E-state index contributed by atoms with van der Waals surface area (Å²) in [7, 11) is -3.19. The summed E-state index contributed by atoms with van der Waals surface area (Å²) >= 11 is 6.49. The number of nitrogens with two attached hydrogens (primary N) is 1. The van der Waals surface area contributed by atoms with E-state index in [9.17, 15) is 8.42 Å². The van der Waals surface area contributed by atoms with Crippen LogP contribution < -0.4 is 5.73 Å². The molecular weight excluding hydrogens is 422 g/mol. The molecule has 9 heteroatoms. The van der Waals surface area contributed by atoms with Crippen LogP contribution in [0.1, 0.15) is 24.4 Å². The Morgan fingerprint density at radius 3 is 2.57 bits per heavy atom. The van der Waals surface area contributed by atoms with Crippen molar-refractivity contribution in [1.29, 1.82) is 0 Å². The van der Waals surface area contributed by atoms with Gasteiger partial charge in [0.1, 0.15) is 0 Å². The Bertz CT molecular complexity index is 1280. The summed E-state index contributed by atoms with van der Waals surface area (Å²) in [6, 6.07) is 4.04. The lowest BCUT2D eigenvalue weighted by molar-refractivity contribution is 0.279. The molecule has 3 aromatic rings. The number of halogens is 1. The fourth-order valence-corrected chi connectivity index (χ4v) is 5.20. The van der Waals surface area contributed by atoms with Gasteiger partial charge in [0, 0.05) is 48.2 Å². The molecule has 0 atom stereocenters. The maximum Gasteiger partial charge on any atom is 0.211 e. The van der Waals surface area contributed by atoms with E-state index in [0.29, 0.717) is 47.9 Å². The number of fused-ring (bicyclic) bond motifs is 1. The Kier molecular flexibility index (Phi) is 5.22. The SMILES string of the molecule is [C-]#[N+]c1cc2c(-c3cncc(N)c3Cl)cn(C3CCN(S(C)(=O)=O)CC3)c2cc1C. The van der Waals surface area contributed by atoms with Gasteiger partial charge in [-0.3, -0.25) is 4.98 Å². The van der Waals surface area contributed by atoms with Crippen LogP contribution in [0.3, 0.4) is 0 Å².